The Morgan fingerprint density at radius 3 is 2.37 bits per heavy atom. The highest BCUT2D eigenvalue weighted by molar-refractivity contribution is 5.95. The fraction of sp³-hybridized carbons (Fsp3) is 0.250. The Hall–Kier alpha value is -3.53. The molecule has 27 heavy (non-hydrogen) atoms. The minimum absolute atomic E-state index is 0.482. The number of hydrogen-bond donors (Lipinski definition) is 0. The van der Waals surface area contributed by atoms with Gasteiger partial charge in [0.05, 0.1) is 6.07 Å². The van der Waals surface area contributed by atoms with E-state index >= 15 is 0 Å². The normalized spacial score (nSPS) is 27.7. The Balaban J connectivity index is 1.78. The van der Waals surface area contributed by atoms with E-state index in [-0.39, 0.29) is 0 Å². The van der Waals surface area contributed by atoms with Gasteiger partial charge in [0.25, 0.3) is 0 Å². The lowest BCUT2D eigenvalue weighted by Crippen LogP contribution is -2.44. The lowest BCUT2D eigenvalue weighted by atomic mass is 9.88. The average Bonchev–Trinajstić information content (AvgIpc) is 3.09. The zero-order chi connectivity index (χ0) is 19.3. The maximum absolute atomic E-state index is 12.5. The molecule has 2 aliphatic rings. The molecule has 1 saturated heterocycles. The summed E-state index contributed by atoms with van der Waals surface area (Å²) in [5.74, 6) is 0.197. The van der Waals surface area contributed by atoms with Crippen molar-refractivity contribution in [3.8, 4) is 17.6 Å². The van der Waals surface area contributed by atoms with Crippen molar-refractivity contribution in [1.82, 2.24) is 0 Å². The fourth-order valence-electron chi connectivity index (χ4n) is 4.03. The van der Waals surface area contributed by atoms with Gasteiger partial charge in [0.1, 0.15) is 16.9 Å². The Morgan fingerprint density at radius 2 is 1.67 bits per heavy atom. The van der Waals surface area contributed by atoms with Gasteiger partial charge in [-0.05, 0) is 29.8 Å². The van der Waals surface area contributed by atoms with Crippen LogP contribution >= 0.6 is 0 Å². The molecule has 2 unspecified atom stereocenters. The average molecular weight is 365 g/mol. The van der Waals surface area contributed by atoms with Gasteiger partial charge in [0.2, 0.25) is 5.60 Å². The van der Waals surface area contributed by atoms with Gasteiger partial charge < -0.3 is 9.47 Å². The summed E-state index contributed by atoms with van der Waals surface area (Å²) >= 11 is 0. The van der Waals surface area contributed by atoms with Gasteiger partial charge in [-0.3, -0.25) is 0 Å². The molecule has 1 spiro atoms. The third-order valence-electron chi connectivity index (χ3n) is 5.41. The van der Waals surface area contributed by atoms with E-state index in [9.17, 15) is 14.9 Å². The number of rotatable bonds is 3. The maximum Gasteiger partial charge on any atom is 0.551 e. The van der Waals surface area contributed by atoms with E-state index in [4.69, 9.17) is 9.47 Å². The summed E-state index contributed by atoms with van der Waals surface area (Å²) in [7, 11) is 0. The molecular weight excluding hydrogens is 350 g/mol. The van der Waals surface area contributed by atoms with Gasteiger partial charge >= 0.3 is 12.1 Å². The highest BCUT2D eigenvalue weighted by atomic mass is 17.3. The van der Waals surface area contributed by atoms with E-state index in [1.54, 1.807) is 50.2 Å². The van der Waals surface area contributed by atoms with Crippen LogP contribution in [0.2, 0.25) is 0 Å². The Morgan fingerprint density at radius 1 is 0.963 bits per heavy atom. The van der Waals surface area contributed by atoms with Crippen LogP contribution in [-0.4, -0.2) is 17.7 Å². The second-order valence-corrected chi connectivity index (χ2v) is 6.92. The molecule has 0 N–H and O–H groups in total. The van der Waals surface area contributed by atoms with Gasteiger partial charge in [0.15, 0.2) is 0 Å². The second-order valence-electron chi connectivity index (χ2n) is 6.92. The molecule has 2 aromatic carbocycles. The van der Waals surface area contributed by atoms with E-state index in [1.165, 1.54) is 0 Å². The molecule has 0 aromatic heterocycles. The first-order valence-electron chi connectivity index (χ1n) is 8.26. The molecule has 4 rings (SSSR count). The third-order valence-corrected chi connectivity index (χ3v) is 5.41. The summed E-state index contributed by atoms with van der Waals surface area (Å²) in [5, 5.41) is 10.0. The lowest BCUT2D eigenvalue weighted by Gasteiger charge is -2.22. The van der Waals surface area contributed by atoms with Crippen LogP contribution in [0.25, 0.3) is 0 Å². The van der Waals surface area contributed by atoms with E-state index in [0.29, 0.717) is 17.1 Å². The smallest absolute Gasteiger partial charge is 0.457 e. The van der Waals surface area contributed by atoms with Crippen LogP contribution in [0.1, 0.15) is 19.4 Å². The fourth-order valence-corrected chi connectivity index (χ4v) is 4.03. The number of carbonyl (C=O) groups excluding carboxylic acids is 2. The van der Waals surface area contributed by atoms with Crippen LogP contribution in [-0.2, 0) is 24.7 Å². The van der Waals surface area contributed by atoms with Crippen LogP contribution in [0.4, 0.5) is 4.79 Å². The van der Waals surface area contributed by atoms with Crippen LogP contribution in [0, 0.1) is 16.7 Å². The SMILES string of the molecule is CC1(C)C2(OC(=O)OOC2=O)C1(C#N)c1cccc(Oc2ccccc2)c1. The molecule has 7 heteroatoms. The summed E-state index contributed by atoms with van der Waals surface area (Å²) in [4.78, 5) is 32.8. The van der Waals surface area contributed by atoms with Gasteiger partial charge in [-0.2, -0.15) is 10.1 Å². The summed E-state index contributed by atoms with van der Waals surface area (Å²) in [6, 6.07) is 18.1. The van der Waals surface area contributed by atoms with Crippen molar-refractivity contribution in [2.24, 2.45) is 5.41 Å². The lowest BCUT2D eigenvalue weighted by molar-refractivity contribution is -0.281. The predicted octanol–water partition coefficient (Wildman–Crippen LogP) is 3.64. The quantitative estimate of drug-likeness (QED) is 0.605. The third kappa shape index (κ3) is 2.01. The monoisotopic (exact) mass is 365 g/mol. The molecule has 136 valence electrons. The largest absolute Gasteiger partial charge is 0.551 e. The van der Waals surface area contributed by atoms with Crippen molar-refractivity contribution >= 4 is 12.1 Å². The van der Waals surface area contributed by atoms with Crippen LogP contribution in [0.5, 0.6) is 11.5 Å². The van der Waals surface area contributed by atoms with E-state index < -0.39 is 28.6 Å². The highest BCUT2D eigenvalue weighted by Gasteiger charge is 2.93. The molecule has 2 fully saturated rings. The molecule has 1 aliphatic carbocycles. The Bertz CT molecular complexity index is 979. The second kappa shape index (κ2) is 5.48. The molecule has 1 heterocycles. The van der Waals surface area contributed by atoms with Crippen molar-refractivity contribution in [2.45, 2.75) is 24.9 Å². The minimum Gasteiger partial charge on any atom is -0.457 e. The Kier molecular flexibility index (Phi) is 3.43. The van der Waals surface area contributed by atoms with E-state index in [0.717, 1.165) is 0 Å². The van der Waals surface area contributed by atoms with Crippen molar-refractivity contribution in [1.29, 1.82) is 5.26 Å². The zero-order valence-electron chi connectivity index (χ0n) is 14.6. The topological polar surface area (TPSA) is 94.9 Å². The van der Waals surface area contributed by atoms with Gasteiger partial charge in [0, 0.05) is 5.41 Å². The van der Waals surface area contributed by atoms with Crippen molar-refractivity contribution < 1.29 is 28.8 Å². The molecule has 1 saturated carbocycles. The predicted molar refractivity (Wildman–Crippen MR) is 90.4 cm³/mol. The molecule has 0 amide bonds. The summed E-state index contributed by atoms with van der Waals surface area (Å²) < 4.78 is 11.1. The molecule has 2 aromatic rings. The van der Waals surface area contributed by atoms with Crippen molar-refractivity contribution in [3.63, 3.8) is 0 Å². The molecule has 1 aliphatic heterocycles. The van der Waals surface area contributed by atoms with Gasteiger partial charge in [-0.15, -0.1) is 0 Å². The van der Waals surface area contributed by atoms with Gasteiger partial charge in [-0.25, -0.2) is 14.6 Å². The first-order valence-corrected chi connectivity index (χ1v) is 8.26. The minimum atomic E-state index is -1.78. The standard InChI is InChI=1S/C20H15NO6/c1-18(2)19(12-21,20(18)16(22)26-27-17(23)25-20)13-7-6-10-15(11-13)24-14-8-4-3-5-9-14/h3-11H,1-2H3. The molecule has 0 bridgehead atoms. The molecular formula is C20H15NO6. The Labute approximate surface area is 154 Å². The number of para-hydroxylation sites is 1. The number of nitrogens with zero attached hydrogens (tertiary/aromatic N) is 1. The van der Waals surface area contributed by atoms with Crippen LogP contribution in [0.3, 0.4) is 0 Å². The molecule has 7 nitrogen and oxygen atoms in total. The maximum atomic E-state index is 12.5. The first kappa shape index (κ1) is 16.9. The zero-order valence-corrected chi connectivity index (χ0v) is 14.6. The number of carbonyl (C=O) groups is 2. The summed E-state index contributed by atoms with van der Waals surface area (Å²) in [6.45, 7) is 3.33. The van der Waals surface area contributed by atoms with Crippen molar-refractivity contribution in [2.75, 3.05) is 0 Å². The van der Waals surface area contributed by atoms with Gasteiger partial charge in [-0.1, -0.05) is 44.2 Å². The summed E-state index contributed by atoms with van der Waals surface area (Å²) in [6.07, 6.45) is -1.16. The van der Waals surface area contributed by atoms with Crippen LogP contribution in [0.15, 0.2) is 54.6 Å². The van der Waals surface area contributed by atoms with Crippen molar-refractivity contribution in [3.05, 3.63) is 60.2 Å². The van der Waals surface area contributed by atoms with E-state index in [2.05, 4.69) is 15.8 Å². The van der Waals surface area contributed by atoms with Crippen LogP contribution < -0.4 is 4.74 Å². The first-order chi connectivity index (χ1) is 12.9. The number of nitriles is 1. The highest BCUT2D eigenvalue weighted by Crippen LogP contribution is 2.75. The molecule has 2 atom stereocenters. The number of hydrogen-bond acceptors (Lipinski definition) is 7. The molecule has 0 radical (unpaired) electrons. The summed E-state index contributed by atoms with van der Waals surface area (Å²) in [5.41, 5.74) is -3.77. The number of benzene rings is 2. The van der Waals surface area contributed by atoms with E-state index in [1.807, 2.05) is 18.2 Å². The number of ether oxygens (including phenoxy) is 2.